The second kappa shape index (κ2) is 9.05. The van der Waals surface area contributed by atoms with Gasteiger partial charge in [-0.25, -0.2) is 0 Å². The molecule has 3 aliphatic rings. The summed E-state index contributed by atoms with van der Waals surface area (Å²) >= 11 is 0. The van der Waals surface area contributed by atoms with Crippen LogP contribution in [0.4, 0.5) is 11.4 Å². The molecule has 0 spiro atoms. The number of piperidine rings is 1. The molecule has 0 saturated carbocycles. The number of anilines is 2. The maximum Gasteiger partial charge on any atom is 0.309 e. The Morgan fingerprint density at radius 2 is 1.58 bits per heavy atom. The Bertz CT molecular complexity index is 1090. The molecule has 2 aromatic carbocycles. The van der Waals surface area contributed by atoms with Gasteiger partial charge in [-0.2, -0.15) is 0 Å². The normalized spacial score (nSPS) is 19.3. The average Bonchev–Trinajstić information content (AvgIpc) is 3.31. The van der Waals surface area contributed by atoms with Crippen LogP contribution in [0, 0.1) is 5.92 Å². The largest absolute Gasteiger partial charge is 0.466 e. The van der Waals surface area contributed by atoms with Crippen molar-refractivity contribution in [2.75, 3.05) is 62.5 Å². The van der Waals surface area contributed by atoms with Crippen LogP contribution in [-0.2, 0) is 16.1 Å². The van der Waals surface area contributed by atoms with E-state index in [-0.39, 0.29) is 24.1 Å². The van der Waals surface area contributed by atoms with Gasteiger partial charge in [0.25, 0.3) is 10.9 Å². The molecule has 33 heavy (non-hydrogen) atoms. The second-order valence-corrected chi connectivity index (χ2v) is 8.82. The van der Waals surface area contributed by atoms with E-state index >= 15 is 0 Å². The lowest BCUT2D eigenvalue weighted by Gasteiger charge is -2.40. The lowest BCUT2D eigenvalue weighted by atomic mass is 9.95. The van der Waals surface area contributed by atoms with Crippen molar-refractivity contribution in [2.45, 2.75) is 26.3 Å². The van der Waals surface area contributed by atoms with Gasteiger partial charge in [-0.15, -0.1) is 0 Å². The summed E-state index contributed by atoms with van der Waals surface area (Å²) in [6.07, 6.45) is 1.28. The molecule has 5 rings (SSSR count). The predicted octanol–water partition coefficient (Wildman–Crippen LogP) is 1.11. The van der Waals surface area contributed by atoms with E-state index in [0.29, 0.717) is 57.0 Å². The molecule has 9 heteroatoms. The van der Waals surface area contributed by atoms with Crippen LogP contribution >= 0.6 is 0 Å². The maximum absolute atomic E-state index is 12.5. The Labute approximate surface area is 192 Å². The second-order valence-electron chi connectivity index (χ2n) is 8.82. The summed E-state index contributed by atoms with van der Waals surface area (Å²) < 4.78 is 16.0. The van der Waals surface area contributed by atoms with E-state index in [4.69, 9.17) is 14.2 Å². The van der Waals surface area contributed by atoms with Crippen LogP contribution in [0.5, 0.6) is 11.5 Å². The monoisotopic (exact) mass is 455 g/mol. The summed E-state index contributed by atoms with van der Waals surface area (Å²) in [5, 5.41) is 0. The first-order chi connectivity index (χ1) is 16.0. The fourth-order valence-electron chi connectivity index (χ4n) is 4.98. The number of hydrogen-bond donors (Lipinski definition) is 0. The van der Waals surface area contributed by atoms with Gasteiger partial charge >= 0.3 is 5.97 Å². The quantitative estimate of drug-likeness (QED) is 0.469. The molecule has 2 saturated heterocycles. The number of carbonyl (C=O) groups is 1. The van der Waals surface area contributed by atoms with Crippen molar-refractivity contribution < 1.29 is 19.0 Å². The van der Waals surface area contributed by atoms with E-state index in [1.165, 1.54) is 0 Å². The predicted molar refractivity (Wildman–Crippen MR) is 123 cm³/mol. The van der Waals surface area contributed by atoms with E-state index < -0.39 is 5.43 Å². The number of piperazine rings is 1. The van der Waals surface area contributed by atoms with E-state index in [9.17, 15) is 14.4 Å². The van der Waals surface area contributed by atoms with Crippen molar-refractivity contribution in [3.63, 3.8) is 0 Å². The van der Waals surface area contributed by atoms with Crippen molar-refractivity contribution >= 4 is 17.3 Å². The van der Waals surface area contributed by atoms with Gasteiger partial charge in [-0.3, -0.25) is 19.3 Å². The third-order valence-electron chi connectivity index (χ3n) is 6.82. The molecule has 0 aliphatic carbocycles. The number of fused-ring (bicyclic) bond motifs is 1. The molecular formula is C24H29N3O6. The average molecular weight is 456 g/mol. The summed E-state index contributed by atoms with van der Waals surface area (Å²) in [5.74, 6) is 1.27. The number of hydrogen-bond acceptors (Lipinski definition) is 9. The van der Waals surface area contributed by atoms with Crippen LogP contribution in [0.15, 0.2) is 27.8 Å². The molecule has 0 amide bonds. The highest BCUT2D eigenvalue weighted by molar-refractivity contribution is 5.77. The van der Waals surface area contributed by atoms with Crippen molar-refractivity contribution in [2.24, 2.45) is 5.92 Å². The highest BCUT2D eigenvalue weighted by Gasteiger charge is 2.34. The molecule has 0 aromatic heterocycles. The third-order valence-corrected chi connectivity index (χ3v) is 6.82. The Morgan fingerprint density at radius 1 is 0.939 bits per heavy atom. The molecule has 3 aliphatic heterocycles. The van der Waals surface area contributed by atoms with Gasteiger partial charge in [-0.05, 0) is 37.5 Å². The highest BCUT2D eigenvalue weighted by atomic mass is 16.7. The number of rotatable bonds is 6. The smallest absolute Gasteiger partial charge is 0.309 e. The lowest BCUT2D eigenvalue weighted by Crippen LogP contribution is -2.53. The van der Waals surface area contributed by atoms with Gasteiger partial charge in [0.2, 0.25) is 6.79 Å². The number of benzene rings is 1. The summed E-state index contributed by atoms with van der Waals surface area (Å²) in [7, 11) is 0. The fraction of sp³-hybridized carbons (Fsp3) is 0.542. The molecule has 176 valence electrons. The summed E-state index contributed by atoms with van der Waals surface area (Å²) in [6.45, 7) is 7.42. The summed E-state index contributed by atoms with van der Waals surface area (Å²) in [6, 6.07) is 6.01. The summed E-state index contributed by atoms with van der Waals surface area (Å²) in [4.78, 5) is 43.3. The summed E-state index contributed by atoms with van der Waals surface area (Å²) in [5.41, 5.74) is 1.46. The molecule has 0 N–H and O–H groups in total. The van der Waals surface area contributed by atoms with E-state index in [1.54, 1.807) is 6.92 Å². The zero-order valence-electron chi connectivity index (χ0n) is 18.9. The molecule has 3 heterocycles. The van der Waals surface area contributed by atoms with Crippen molar-refractivity contribution in [3.05, 3.63) is 44.2 Å². The maximum atomic E-state index is 12.5. The molecule has 2 aromatic rings. The minimum Gasteiger partial charge on any atom is -0.466 e. The highest BCUT2D eigenvalue weighted by Crippen LogP contribution is 2.33. The Morgan fingerprint density at radius 3 is 2.24 bits per heavy atom. The molecule has 2 fully saturated rings. The van der Waals surface area contributed by atoms with Crippen LogP contribution in [0.1, 0.15) is 25.3 Å². The topological polar surface area (TPSA) is 88.6 Å². The first-order valence-electron chi connectivity index (χ1n) is 11.7. The number of esters is 1. The van der Waals surface area contributed by atoms with Crippen LogP contribution in [0.2, 0.25) is 0 Å². The molecule has 0 bridgehead atoms. The number of ether oxygens (including phenoxy) is 3. The first-order valence-corrected chi connectivity index (χ1v) is 11.7. The lowest BCUT2D eigenvalue weighted by molar-refractivity contribution is -0.148. The van der Waals surface area contributed by atoms with Gasteiger partial charge < -0.3 is 24.0 Å². The van der Waals surface area contributed by atoms with E-state index in [2.05, 4.69) is 11.0 Å². The zero-order valence-corrected chi connectivity index (χ0v) is 18.9. The van der Waals surface area contributed by atoms with E-state index in [1.807, 2.05) is 21.9 Å². The van der Waals surface area contributed by atoms with Gasteiger partial charge in [0.05, 0.1) is 12.5 Å². The van der Waals surface area contributed by atoms with Gasteiger partial charge in [0.15, 0.2) is 11.5 Å². The molecular weight excluding hydrogens is 426 g/mol. The zero-order chi connectivity index (χ0) is 22.9. The minimum atomic E-state index is -0.401. The Balaban J connectivity index is 1.19. The van der Waals surface area contributed by atoms with Crippen LogP contribution < -0.4 is 30.1 Å². The Hall–Kier alpha value is -3.07. The van der Waals surface area contributed by atoms with Gasteiger partial charge in [0.1, 0.15) is 11.4 Å². The first kappa shape index (κ1) is 21.8. The van der Waals surface area contributed by atoms with Crippen LogP contribution in [0.25, 0.3) is 0 Å². The van der Waals surface area contributed by atoms with Crippen LogP contribution in [-0.4, -0.2) is 63.5 Å². The SMILES string of the molecule is CCOC(=O)C1CCN(c2c(N3CCN(Cc4ccc5c(c4)OCO5)CC3)c(=O)c2=O)CC1. The van der Waals surface area contributed by atoms with Gasteiger partial charge in [0, 0.05) is 45.8 Å². The molecule has 0 unspecified atom stereocenters. The Kier molecular flexibility index (Phi) is 5.97. The molecule has 9 nitrogen and oxygen atoms in total. The fourth-order valence-corrected chi connectivity index (χ4v) is 4.98. The minimum absolute atomic E-state index is 0.129. The van der Waals surface area contributed by atoms with Crippen molar-refractivity contribution in [3.8, 4) is 11.5 Å². The van der Waals surface area contributed by atoms with E-state index in [0.717, 1.165) is 36.7 Å². The van der Waals surface area contributed by atoms with Crippen molar-refractivity contribution in [1.29, 1.82) is 0 Å². The van der Waals surface area contributed by atoms with Crippen molar-refractivity contribution in [1.82, 2.24) is 4.90 Å². The number of nitrogens with zero attached hydrogens (tertiary/aromatic N) is 3. The molecule has 0 atom stereocenters. The van der Waals surface area contributed by atoms with Crippen LogP contribution in [0.3, 0.4) is 0 Å². The third kappa shape index (κ3) is 4.17. The van der Waals surface area contributed by atoms with Gasteiger partial charge in [-0.1, -0.05) is 6.07 Å². The standard InChI is InChI=1S/C24H29N3O6/c1-2-31-24(30)17-5-7-26(8-6-17)20-21(23(29)22(20)28)27-11-9-25(10-12-27)14-16-3-4-18-19(13-16)33-15-32-18/h3-4,13,17H,2,5-12,14-15H2,1H3. The molecule has 0 radical (unpaired) electrons. The number of carbonyl (C=O) groups excluding carboxylic acids is 1.